The topological polar surface area (TPSA) is 137 Å². The third-order valence-electron chi connectivity index (χ3n) is 8.45. The van der Waals surface area contributed by atoms with Gasteiger partial charge in [-0.1, -0.05) is 67.6 Å². The second kappa shape index (κ2) is 14.4. The number of aliphatic hydroxyl groups excluding tert-OH is 2. The molecule has 5 aromatic rings. The normalized spacial score (nSPS) is 20.3. The Morgan fingerprint density at radius 1 is 0.936 bits per heavy atom. The van der Waals surface area contributed by atoms with E-state index in [0.717, 1.165) is 16.7 Å². The molecule has 6 rings (SSSR count). The Morgan fingerprint density at radius 3 is 2.47 bits per heavy atom. The lowest BCUT2D eigenvalue weighted by Gasteiger charge is -2.42. The summed E-state index contributed by atoms with van der Waals surface area (Å²) in [5.74, 6) is -0.348. The van der Waals surface area contributed by atoms with Crippen LogP contribution in [0.1, 0.15) is 58.2 Å². The number of benzene rings is 4. The molecule has 47 heavy (non-hydrogen) atoms. The van der Waals surface area contributed by atoms with Gasteiger partial charge in [-0.05, 0) is 60.1 Å². The van der Waals surface area contributed by atoms with Crippen LogP contribution in [0.5, 0.6) is 5.75 Å². The molecule has 1 aliphatic heterocycles. The summed E-state index contributed by atoms with van der Waals surface area (Å²) < 4.78 is 13.2. The first-order valence-electron chi connectivity index (χ1n) is 15.6. The van der Waals surface area contributed by atoms with Crippen molar-refractivity contribution in [2.75, 3.05) is 25.5 Å². The van der Waals surface area contributed by atoms with Crippen LogP contribution in [0, 0.1) is 5.92 Å². The number of aromatic hydroxyl groups is 1. The number of ether oxygens (including phenoxy) is 2. The summed E-state index contributed by atoms with van der Waals surface area (Å²) in [4.78, 5) is 23.9. The van der Waals surface area contributed by atoms with Crippen molar-refractivity contribution in [3.05, 3.63) is 131 Å². The Bertz CT molecular complexity index is 1830. The maximum atomic E-state index is 13.1. The van der Waals surface area contributed by atoms with E-state index < -0.39 is 12.4 Å². The minimum atomic E-state index is -0.799. The molecule has 1 fully saturated rings. The summed E-state index contributed by atoms with van der Waals surface area (Å²) in [6.07, 6.45) is -0.708. The van der Waals surface area contributed by atoms with Crippen LogP contribution in [0.4, 0.5) is 5.69 Å². The maximum absolute atomic E-state index is 13.1. The zero-order valence-electron chi connectivity index (χ0n) is 26.2. The molecule has 2 heterocycles. The maximum Gasteiger partial charge on any atom is 0.275 e. The number of aliphatic hydroxyl groups is 2. The number of nitrogens with zero attached hydrogens (tertiary/aromatic N) is 3. The lowest BCUT2D eigenvalue weighted by molar-refractivity contribution is -0.276. The second-order valence-corrected chi connectivity index (χ2v) is 12.0. The predicted octanol–water partition coefficient (Wildman–Crippen LogP) is 5.54. The third kappa shape index (κ3) is 7.65. The van der Waals surface area contributed by atoms with Gasteiger partial charge in [0.15, 0.2) is 6.29 Å². The van der Waals surface area contributed by atoms with Gasteiger partial charge in [-0.2, -0.15) is 0 Å². The van der Waals surface area contributed by atoms with Gasteiger partial charge in [0.05, 0.1) is 42.1 Å². The number of anilines is 1. The molecule has 5 atom stereocenters. The van der Waals surface area contributed by atoms with Gasteiger partial charge in [0.2, 0.25) is 0 Å². The summed E-state index contributed by atoms with van der Waals surface area (Å²) in [5.41, 5.74) is 5.22. The standard InChI is InChI=1S/C37H38N4O6/c1-23-34(21-41(2)20-33(44)26-7-6-10-29(43)18-26)46-37(47-35(23)25-15-13-24(22-42)14-16-25)27-8-5-9-28(17-27)39-36(45)32-19-38-30-11-3-4-12-31(30)40-32/h3-19,23,33-35,37,42-44H,20-22H2,1-2H3,(H,39,45). The van der Waals surface area contributed by atoms with Gasteiger partial charge >= 0.3 is 0 Å². The molecule has 0 aliphatic carbocycles. The van der Waals surface area contributed by atoms with E-state index in [1.165, 1.54) is 6.20 Å². The predicted molar refractivity (Wildman–Crippen MR) is 177 cm³/mol. The highest BCUT2D eigenvalue weighted by molar-refractivity contribution is 6.03. The minimum absolute atomic E-state index is 0.0503. The van der Waals surface area contributed by atoms with E-state index in [2.05, 4.69) is 22.2 Å². The number of amides is 1. The smallest absolute Gasteiger partial charge is 0.275 e. The van der Waals surface area contributed by atoms with Crippen LogP contribution in [0.2, 0.25) is 0 Å². The Kier molecular flexibility index (Phi) is 9.86. The van der Waals surface area contributed by atoms with Crippen LogP contribution in [0.3, 0.4) is 0 Å². The van der Waals surface area contributed by atoms with Crippen LogP contribution < -0.4 is 5.32 Å². The number of likely N-dealkylation sites (N-methyl/N-ethyl adjacent to an activating group) is 1. The Balaban J connectivity index is 1.22. The average Bonchev–Trinajstić information content (AvgIpc) is 3.09. The lowest BCUT2D eigenvalue weighted by atomic mass is 9.90. The van der Waals surface area contributed by atoms with Gasteiger partial charge in [0.1, 0.15) is 11.4 Å². The van der Waals surface area contributed by atoms with Crippen molar-refractivity contribution in [3.8, 4) is 5.75 Å². The highest BCUT2D eigenvalue weighted by Gasteiger charge is 2.39. The molecule has 10 nitrogen and oxygen atoms in total. The molecule has 1 amide bonds. The fraction of sp³-hybridized carbons (Fsp3) is 0.270. The van der Waals surface area contributed by atoms with E-state index in [0.29, 0.717) is 35.4 Å². The third-order valence-corrected chi connectivity index (χ3v) is 8.45. The summed E-state index contributed by atoms with van der Waals surface area (Å²) in [5, 5.41) is 33.2. The molecule has 5 unspecified atom stereocenters. The minimum Gasteiger partial charge on any atom is -0.508 e. The quantitative estimate of drug-likeness (QED) is 0.156. The van der Waals surface area contributed by atoms with Crippen molar-refractivity contribution in [1.82, 2.24) is 14.9 Å². The Hall–Kier alpha value is -4.71. The van der Waals surface area contributed by atoms with Crippen molar-refractivity contribution >= 4 is 22.6 Å². The van der Waals surface area contributed by atoms with Crippen molar-refractivity contribution in [3.63, 3.8) is 0 Å². The summed E-state index contributed by atoms with van der Waals surface area (Å²) in [6.45, 7) is 2.85. The van der Waals surface area contributed by atoms with E-state index >= 15 is 0 Å². The highest BCUT2D eigenvalue weighted by atomic mass is 16.7. The molecule has 10 heteroatoms. The lowest BCUT2D eigenvalue weighted by Crippen LogP contribution is -2.44. The number of aromatic nitrogens is 2. The molecular formula is C37H38N4O6. The number of hydrogen-bond donors (Lipinski definition) is 4. The van der Waals surface area contributed by atoms with Gasteiger partial charge in [0.25, 0.3) is 5.91 Å². The van der Waals surface area contributed by atoms with E-state index in [4.69, 9.17) is 9.47 Å². The van der Waals surface area contributed by atoms with Crippen molar-refractivity contribution in [1.29, 1.82) is 0 Å². The SMILES string of the molecule is CC1C(CN(C)CC(O)c2cccc(O)c2)OC(c2cccc(NC(=O)c3cnc4ccccc4n3)c2)OC1c1ccc(CO)cc1. The van der Waals surface area contributed by atoms with E-state index in [1.807, 2.05) is 78.7 Å². The van der Waals surface area contributed by atoms with Crippen LogP contribution in [-0.2, 0) is 16.1 Å². The van der Waals surface area contributed by atoms with Crippen molar-refractivity contribution in [2.45, 2.75) is 38.1 Å². The van der Waals surface area contributed by atoms with Crippen LogP contribution in [-0.4, -0.2) is 62.3 Å². The second-order valence-electron chi connectivity index (χ2n) is 12.0. The molecule has 0 bridgehead atoms. The van der Waals surface area contributed by atoms with Gasteiger partial charge in [-0.3, -0.25) is 9.78 Å². The monoisotopic (exact) mass is 634 g/mol. The number of carbonyl (C=O) groups is 1. The largest absolute Gasteiger partial charge is 0.508 e. The van der Waals surface area contributed by atoms with E-state index in [9.17, 15) is 20.1 Å². The molecular weight excluding hydrogens is 596 g/mol. The van der Waals surface area contributed by atoms with Crippen LogP contribution in [0.15, 0.2) is 103 Å². The zero-order valence-corrected chi connectivity index (χ0v) is 26.2. The van der Waals surface area contributed by atoms with Gasteiger partial charge in [-0.15, -0.1) is 0 Å². The molecule has 4 N–H and O–H groups in total. The van der Waals surface area contributed by atoms with Gasteiger partial charge in [-0.25, -0.2) is 4.98 Å². The highest BCUT2D eigenvalue weighted by Crippen LogP contribution is 2.42. The molecule has 1 saturated heterocycles. The number of hydrogen-bond acceptors (Lipinski definition) is 9. The van der Waals surface area contributed by atoms with Crippen LogP contribution in [0.25, 0.3) is 11.0 Å². The summed E-state index contributed by atoms with van der Waals surface area (Å²) in [7, 11) is 1.92. The molecule has 242 valence electrons. The number of nitrogens with one attached hydrogen (secondary N) is 1. The molecule has 0 radical (unpaired) electrons. The summed E-state index contributed by atoms with van der Waals surface area (Å²) in [6, 6.07) is 29.0. The summed E-state index contributed by atoms with van der Waals surface area (Å²) >= 11 is 0. The number of para-hydroxylation sites is 2. The Morgan fingerprint density at radius 2 is 1.70 bits per heavy atom. The molecule has 4 aromatic carbocycles. The number of phenolic OH excluding ortho intramolecular Hbond substituents is 1. The van der Waals surface area contributed by atoms with E-state index in [1.54, 1.807) is 30.3 Å². The fourth-order valence-corrected chi connectivity index (χ4v) is 5.87. The molecule has 1 aromatic heterocycles. The first-order valence-corrected chi connectivity index (χ1v) is 15.6. The zero-order chi connectivity index (χ0) is 32.9. The number of phenols is 1. The fourth-order valence-electron chi connectivity index (χ4n) is 5.87. The number of rotatable bonds is 10. The molecule has 0 spiro atoms. The van der Waals surface area contributed by atoms with Crippen LogP contribution >= 0.6 is 0 Å². The van der Waals surface area contributed by atoms with E-state index in [-0.39, 0.29) is 42.1 Å². The van der Waals surface area contributed by atoms with Gasteiger partial charge in [0, 0.05) is 30.3 Å². The molecule has 1 aliphatic rings. The average molecular weight is 635 g/mol. The Labute approximate surface area is 273 Å². The molecule has 0 saturated carbocycles. The number of fused-ring (bicyclic) bond motifs is 1. The first kappa shape index (κ1) is 32.2. The van der Waals surface area contributed by atoms with Crippen molar-refractivity contribution < 1.29 is 29.6 Å². The number of carbonyl (C=O) groups excluding carboxylic acids is 1. The van der Waals surface area contributed by atoms with Gasteiger partial charge < -0.3 is 35.0 Å². The first-order chi connectivity index (χ1) is 22.8. The van der Waals surface area contributed by atoms with Crippen molar-refractivity contribution in [2.24, 2.45) is 5.92 Å².